The molecule has 0 aliphatic carbocycles. The van der Waals surface area contributed by atoms with E-state index < -0.39 is 5.97 Å². The molecule has 2 heterocycles. The summed E-state index contributed by atoms with van der Waals surface area (Å²) < 4.78 is 0. The zero-order valence-electron chi connectivity index (χ0n) is 10.7. The maximum atomic E-state index is 12.1. The predicted molar refractivity (Wildman–Crippen MR) is 75.2 cm³/mol. The maximum Gasteiger partial charge on any atom is 0.354 e. The van der Waals surface area contributed by atoms with Crippen LogP contribution in [0.4, 0.5) is 5.82 Å². The number of amides is 1. The number of carbonyl (C=O) groups is 2. The Balaban J connectivity index is 1.85. The summed E-state index contributed by atoms with van der Waals surface area (Å²) in [6, 6.07) is 9.50. The molecule has 0 saturated carbocycles. The Morgan fingerprint density at radius 2 is 2.05 bits per heavy atom. The molecule has 104 valence electrons. The topological polar surface area (TPSA) is 108 Å². The quantitative estimate of drug-likeness (QED) is 0.680. The van der Waals surface area contributed by atoms with Crippen molar-refractivity contribution in [3.8, 4) is 0 Å². The average Bonchev–Trinajstić information content (AvgIpc) is 2.94. The number of hydrogen-bond acceptors (Lipinski definition) is 4. The summed E-state index contributed by atoms with van der Waals surface area (Å²) in [5.41, 5.74) is 1.04. The van der Waals surface area contributed by atoms with Crippen LogP contribution in [0, 0.1) is 0 Å². The second-order valence-corrected chi connectivity index (χ2v) is 4.34. The van der Waals surface area contributed by atoms with Crippen LogP contribution in [0.25, 0.3) is 10.9 Å². The van der Waals surface area contributed by atoms with Crippen molar-refractivity contribution in [2.75, 3.05) is 5.32 Å². The second kappa shape index (κ2) is 5.04. The van der Waals surface area contributed by atoms with Crippen LogP contribution < -0.4 is 5.32 Å². The van der Waals surface area contributed by atoms with Gasteiger partial charge in [-0.25, -0.2) is 9.78 Å². The third-order valence-electron chi connectivity index (χ3n) is 2.91. The van der Waals surface area contributed by atoms with Gasteiger partial charge in [0.15, 0.2) is 5.69 Å². The third-order valence-corrected chi connectivity index (χ3v) is 2.91. The first kappa shape index (κ1) is 12.8. The first-order valence-corrected chi connectivity index (χ1v) is 6.08. The molecule has 21 heavy (non-hydrogen) atoms. The highest BCUT2D eigenvalue weighted by Gasteiger charge is 2.10. The number of pyridine rings is 1. The number of aromatic amines is 1. The van der Waals surface area contributed by atoms with Crippen LogP contribution in [0.5, 0.6) is 0 Å². The van der Waals surface area contributed by atoms with Crippen LogP contribution in [0.2, 0.25) is 0 Å². The van der Waals surface area contributed by atoms with Crippen molar-refractivity contribution in [2.45, 2.75) is 0 Å². The number of fused-ring (bicyclic) bond motifs is 1. The number of carbonyl (C=O) groups excluding carboxylic acids is 1. The zero-order chi connectivity index (χ0) is 14.8. The van der Waals surface area contributed by atoms with Gasteiger partial charge in [0.05, 0.1) is 11.7 Å². The Kier molecular flexibility index (Phi) is 3.07. The standard InChI is InChI=1S/C14H10N4O3/c19-13(8-4-5-9-7-15-18-11(9)6-8)17-12-3-1-2-10(16-12)14(20)21/h1-7H,(H,15,18)(H,20,21)(H,16,17,19). The summed E-state index contributed by atoms with van der Waals surface area (Å²) >= 11 is 0. The van der Waals surface area contributed by atoms with Crippen molar-refractivity contribution < 1.29 is 14.7 Å². The molecular formula is C14H10N4O3. The van der Waals surface area contributed by atoms with E-state index in [-0.39, 0.29) is 17.4 Å². The molecule has 7 heteroatoms. The molecule has 3 rings (SSSR count). The molecule has 0 radical (unpaired) electrons. The van der Waals surface area contributed by atoms with Crippen molar-refractivity contribution in [2.24, 2.45) is 0 Å². The van der Waals surface area contributed by atoms with Gasteiger partial charge in [0.2, 0.25) is 0 Å². The summed E-state index contributed by atoms with van der Waals surface area (Å²) in [5.74, 6) is -1.34. The van der Waals surface area contributed by atoms with Gasteiger partial charge >= 0.3 is 5.97 Å². The molecule has 0 aliphatic rings. The van der Waals surface area contributed by atoms with E-state index >= 15 is 0 Å². The number of hydrogen-bond donors (Lipinski definition) is 3. The maximum absolute atomic E-state index is 12.1. The average molecular weight is 282 g/mol. The van der Waals surface area contributed by atoms with E-state index in [4.69, 9.17) is 5.11 Å². The Morgan fingerprint density at radius 1 is 1.19 bits per heavy atom. The number of aromatic carboxylic acids is 1. The molecule has 1 amide bonds. The minimum Gasteiger partial charge on any atom is -0.477 e. The molecule has 0 atom stereocenters. The van der Waals surface area contributed by atoms with Gasteiger partial charge in [0.1, 0.15) is 5.82 Å². The monoisotopic (exact) mass is 282 g/mol. The van der Waals surface area contributed by atoms with Crippen LogP contribution in [0.15, 0.2) is 42.6 Å². The number of carboxylic acids is 1. The zero-order valence-corrected chi connectivity index (χ0v) is 10.7. The lowest BCUT2D eigenvalue weighted by Crippen LogP contribution is -2.14. The molecule has 1 aromatic carbocycles. The molecule has 2 aromatic heterocycles. The lowest BCUT2D eigenvalue weighted by atomic mass is 10.1. The number of rotatable bonds is 3. The number of nitrogens with zero attached hydrogens (tertiary/aromatic N) is 2. The third kappa shape index (κ3) is 2.57. The van der Waals surface area contributed by atoms with Crippen LogP contribution in [0.3, 0.4) is 0 Å². The van der Waals surface area contributed by atoms with E-state index in [1.807, 2.05) is 0 Å². The fraction of sp³-hybridized carbons (Fsp3) is 0. The Labute approximate surface area is 118 Å². The fourth-order valence-corrected chi connectivity index (χ4v) is 1.89. The van der Waals surface area contributed by atoms with Crippen molar-refractivity contribution in [1.29, 1.82) is 0 Å². The largest absolute Gasteiger partial charge is 0.477 e. The molecule has 0 unspecified atom stereocenters. The minimum absolute atomic E-state index is 0.128. The van der Waals surface area contributed by atoms with Crippen molar-refractivity contribution >= 4 is 28.6 Å². The number of aromatic nitrogens is 3. The molecule has 0 saturated heterocycles. The van der Waals surface area contributed by atoms with Crippen molar-refractivity contribution in [3.63, 3.8) is 0 Å². The summed E-state index contributed by atoms with van der Waals surface area (Å²) in [6.45, 7) is 0. The van der Waals surface area contributed by atoms with E-state index in [2.05, 4.69) is 20.5 Å². The van der Waals surface area contributed by atoms with E-state index in [9.17, 15) is 9.59 Å². The van der Waals surface area contributed by atoms with Gasteiger partial charge in [-0.1, -0.05) is 12.1 Å². The molecular weight excluding hydrogens is 272 g/mol. The van der Waals surface area contributed by atoms with Gasteiger partial charge < -0.3 is 10.4 Å². The van der Waals surface area contributed by atoms with Crippen LogP contribution in [-0.4, -0.2) is 32.2 Å². The van der Waals surface area contributed by atoms with Crippen molar-refractivity contribution in [1.82, 2.24) is 15.2 Å². The molecule has 0 bridgehead atoms. The second-order valence-electron chi connectivity index (χ2n) is 4.34. The highest BCUT2D eigenvalue weighted by atomic mass is 16.4. The van der Waals surface area contributed by atoms with Crippen molar-refractivity contribution in [3.05, 3.63) is 53.9 Å². The number of H-pyrrole nitrogens is 1. The van der Waals surface area contributed by atoms with E-state index in [0.717, 1.165) is 10.9 Å². The molecule has 3 N–H and O–H groups in total. The lowest BCUT2D eigenvalue weighted by molar-refractivity contribution is 0.0690. The number of nitrogens with one attached hydrogen (secondary N) is 2. The van der Waals surface area contributed by atoms with Crippen LogP contribution >= 0.6 is 0 Å². The summed E-state index contributed by atoms with van der Waals surface area (Å²) in [4.78, 5) is 26.8. The molecule has 3 aromatic rings. The Morgan fingerprint density at radius 3 is 2.86 bits per heavy atom. The minimum atomic E-state index is -1.15. The summed E-state index contributed by atoms with van der Waals surface area (Å²) in [5, 5.41) is 19.0. The highest BCUT2D eigenvalue weighted by Crippen LogP contribution is 2.14. The first-order valence-electron chi connectivity index (χ1n) is 6.08. The number of carboxylic acid groups (broad SMARTS) is 1. The fourth-order valence-electron chi connectivity index (χ4n) is 1.89. The van der Waals surface area contributed by atoms with Gasteiger partial charge in [0.25, 0.3) is 5.91 Å². The van der Waals surface area contributed by atoms with E-state index in [1.165, 1.54) is 18.2 Å². The molecule has 7 nitrogen and oxygen atoms in total. The smallest absolute Gasteiger partial charge is 0.354 e. The van der Waals surface area contributed by atoms with Gasteiger partial charge in [-0.05, 0) is 24.3 Å². The predicted octanol–water partition coefficient (Wildman–Crippen LogP) is 1.91. The first-order chi connectivity index (χ1) is 10.1. The van der Waals surface area contributed by atoms with Crippen LogP contribution in [-0.2, 0) is 0 Å². The van der Waals surface area contributed by atoms with Gasteiger partial charge in [-0.2, -0.15) is 5.10 Å². The van der Waals surface area contributed by atoms with Crippen LogP contribution in [0.1, 0.15) is 20.8 Å². The number of benzene rings is 1. The lowest BCUT2D eigenvalue weighted by Gasteiger charge is -2.05. The SMILES string of the molecule is O=C(Nc1cccc(C(=O)O)n1)c1ccc2cn[nH]c2c1. The molecule has 0 aliphatic heterocycles. The van der Waals surface area contributed by atoms with E-state index in [0.29, 0.717) is 5.56 Å². The van der Waals surface area contributed by atoms with Gasteiger partial charge in [-0.3, -0.25) is 9.89 Å². The van der Waals surface area contributed by atoms with E-state index in [1.54, 1.807) is 24.4 Å². The highest BCUT2D eigenvalue weighted by molar-refractivity contribution is 6.05. The normalized spacial score (nSPS) is 10.5. The van der Waals surface area contributed by atoms with Gasteiger partial charge in [0, 0.05) is 10.9 Å². The Bertz CT molecular complexity index is 841. The van der Waals surface area contributed by atoms with Gasteiger partial charge in [-0.15, -0.1) is 0 Å². The Hall–Kier alpha value is -3.22. The summed E-state index contributed by atoms with van der Waals surface area (Å²) in [6.07, 6.45) is 1.66. The summed E-state index contributed by atoms with van der Waals surface area (Å²) in [7, 11) is 0. The molecule has 0 spiro atoms. The number of anilines is 1. The molecule has 0 fully saturated rings.